The minimum atomic E-state index is -4.98. The highest BCUT2D eigenvalue weighted by molar-refractivity contribution is 5.99. The van der Waals surface area contributed by atoms with Crippen molar-refractivity contribution in [2.75, 3.05) is 13.2 Å². The van der Waals surface area contributed by atoms with E-state index in [2.05, 4.69) is 5.32 Å². The molecule has 0 aliphatic rings. The Bertz CT molecular complexity index is 755. The number of alkyl halides is 3. The summed E-state index contributed by atoms with van der Waals surface area (Å²) in [6.07, 6.45) is -5.09. The quantitative estimate of drug-likeness (QED) is 0.241. The van der Waals surface area contributed by atoms with Crippen molar-refractivity contribution in [3.05, 3.63) is 35.9 Å². The van der Waals surface area contributed by atoms with Crippen LogP contribution < -0.4 is 10.6 Å². The second kappa shape index (κ2) is 12.7. The molecule has 0 bridgehead atoms. The van der Waals surface area contributed by atoms with Crippen LogP contribution in [0.2, 0.25) is 0 Å². The summed E-state index contributed by atoms with van der Waals surface area (Å²) in [5, 5.41) is 13.7. The molecule has 0 heterocycles. The number of halogens is 3. The summed E-state index contributed by atoms with van der Waals surface area (Å²) in [4.78, 5) is 47.0. The van der Waals surface area contributed by atoms with Crippen molar-refractivity contribution < 1.29 is 42.2 Å². The van der Waals surface area contributed by atoms with Crippen LogP contribution >= 0.6 is 0 Å². The Balaban J connectivity index is 2.68. The Morgan fingerprint density at radius 2 is 1.71 bits per heavy atom. The minimum Gasteiger partial charge on any atom is -0.480 e. The van der Waals surface area contributed by atoms with Crippen LogP contribution in [0.5, 0.6) is 0 Å². The van der Waals surface area contributed by atoms with Crippen molar-refractivity contribution in [1.29, 1.82) is 0 Å². The van der Waals surface area contributed by atoms with Gasteiger partial charge < -0.3 is 15.2 Å². The van der Waals surface area contributed by atoms with Gasteiger partial charge in [-0.15, -0.1) is 0 Å². The molecule has 0 saturated heterocycles. The number of nitrogens with one attached hydrogen (secondary N) is 2. The van der Waals surface area contributed by atoms with Crippen molar-refractivity contribution in [2.45, 2.75) is 50.9 Å². The van der Waals surface area contributed by atoms with Gasteiger partial charge in [-0.1, -0.05) is 30.3 Å². The zero-order valence-electron chi connectivity index (χ0n) is 16.9. The van der Waals surface area contributed by atoms with E-state index in [1.165, 1.54) is 0 Å². The van der Waals surface area contributed by atoms with Gasteiger partial charge in [-0.2, -0.15) is 13.2 Å². The summed E-state index contributed by atoms with van der Waals surface area (Å²) in [5.41, 5.74) is 0.353. The number of esters is 1. The molecule has 31 heavy (non-hydrogen) atoms. The molecule has 0 spiro atoms. The van der Waals surface area contributed by atoms with Gasteiger partial charge in [-0.25, -0.2) is 0 Å². The fourth-order valence-corrected chi connectivity index (χ4v) is 2.68. The fourth-order valence-electron chi connectivity index (χ4n) is 2.68. The third-order valence-electron chi connectivity index (χ3n) is 4.22. The van der Waals surface area contributed by atoms with Crippen molar-refractivity contribution >= 4 is 23.6 Å². The maximum atomic E-state index is 12.4. The number of Topliss-reactive ketones (excluding diaryl/α,β-unsaturated/α-hetero) is 1. The van der Waals surface area contributed by atoms with E-state index in [0.29, 0.717) is 5.56 Å². The molecule has 2 atom stereocenters. The lowest BCUT2D eigenvalue weighted by Gasteiger charge is -2.22. The van der Waals surface area contributed by atoms with Crippen LogP contribution in [0.25, 0.3) is 0 Å². The van der Waals surface area contributed by atoms with Gasteiger partial charge >= 0.3 is 24.0 Å². The van der Waals surface area contributed by atoms with Crippen molar-refractivity contribution in [1.82, 2.24) is 10.6 Å². The molecule has 1 amide bonds. The molecule has 8 nitrogen and oxygen atoms in total. The van der Waals surface area contributed by atoms with Crippen LogP contribution in [0.15, 0.2) is 30.3 Å². The molecule has 11 heteroatoms. The highest BCUT2D eigenvalue weighted by Crippen LogP contribution is 2.14. The molecule has 0 aliphatic carbocycles. The van der Waals surface area contributed by atoms with Crippen LogP contribution in [-0.2, 0) is 19.1 Å². The number of unbranched alkanes of at least 4 members (excludes halogenated alkanes) is 1. The van der Waals surface area contributed by atoms with Gasteiger partial charge in [-0.05, 0) is 26.2 Å². The maximum absolute atomic E-state index is 12.4. The van der Waals surface area contributed by atoms with E-state index in [4.69, 9.17) is 4.74 Å². The molecule has 3 N–H and O–H groups in total. The Labute approximate surface area is 177 Å². The largest absolute Gasteiger partial charge is 0.480 e. The predicted octanol–water partition coefficient (Wildman–Crippen LogP) is 2.08. The number of ketones is 1. The fraction of sp³-hybridized carbons (Fsp3) is 0.500. The second-order valence-electron chi connectivity index (χ2n) is 6.60. The van der Waals surface area contributed by atoms with Crippen molar-refractivity contribution in [3.8, 4) is 0 Å². The lowest BCUT2D eigenvalue weighted by molar-refractivity contribution is -0.173. The molecule has 1 rings (SSSR count). The average Bonchev–Trinajstić information content (AvgIpc) is 2.71. The van der Waals surface area contributed by atoms with E-state index in [1.54, 1.807) is 42.6 Å². The zero-order valence-corrected chi connectivity index (χ0v) is 16.9. The van der Waals surface area contributed by atoms with Gasteiger partial charge in [-0.3, -0.25) is 24.5 Å². The lowest BCUT2D eigenvalue weighted by atomic mass is 10.0. The number of amides is 1. The number of aliphatic carboxylic acids is 1. The Morgan fingerprint density at radius 1 is 1.06 bits per heavy atom. The standard InChI is InChI=1S/C20H25F3N2O6/c1-2-31-18(29)15(12-16(26)13-8-4-3-5-9-13)25-14(17(27)28)10-6-7-11-24-19(30)20(21,22)23/h3-5,8-9,14-15,25H,2,6-7,10-12H2,1H3,(H,24,30)(H,27,28). The first kappa shape index (κ1) is 26.1. The maximum Gasteiger partial charge on any atom is 0.471 e. The topological polar surface area (TPSA) is 122 Å². The van der Waals surface area contributed by atoms with E-state index >= 15 is 0 Å². The molecule has 172 valence electrons. The summed E-state index contributed by atoms with van der Waals surface area (Å²) in [7, 11) is 0. The molecular formula is C20H25F3N2O6. The van der Waals surface area contributed by atoms with Crippen molar-refractivity contribution in [3.63, 3.8) is 0 Å². The van der Waals surface area contributed by atoms with E-state index in [-0.39, 0.29) is 44.6 Å². The van der Waals surface area contributed by atoms with Gasteiger partial charge in [0.2, 0.25) is 0 Å². The number of hydrogen-bond donors (Lipinski definition) is 3. The van der Waals surface area contributed by atoms with Crippen LogP contribution in [0.1, 0.15) is 43.0 Å². The molecule has 0 aromatic heterocycles. The van der Waals surface area contributed by atoms with E-state index in [1.807, 2.05) is 0 Å². The monoisotopic (exact) mass is 446 g/mol. The van der Waals surface area contributed by atoms with Gasteiger partial charge in [0.15, 0.2) is 5.78 Å². The third kappa shape index (κ3) is 9.60. The highest BCUT2D eigenvalue weighted by atomic mass is 19.4. The molecule has 0 radical (unpaired) electrons. The Hall–Kier alpha value is -2.95. The summed E-state index contributed by atoms with van der Waals surface area (Å²) in [5.74, 6) is -4.52. The lowest BCUT2D eigenvalue weighted by Crippen LogP contribution is -2.48. The minimum absolute atomic E-state index is 0.0349. The zero-order chi connectivity index (χ0) is 23.4. The first-order chi connectivity index (χ1) is 14.6. The summed E-state index contributed by atoms with van der Waals surface area (Å²) in [6.45, 7) is 1.32. The summed E-state index contributed by atoms with van der Waals surface area (Å²) >= 11 is 0. The van der Waals surface area contributed by atoms with Crippen LogP contribution in [0.4, 0.5) is 13.2 Å². The molecule has 2 unspecified atom stereocenters. The number of ether oxygens (including phenoxy) is 1. The predicted molar refractivity (Wildman–Crippen MR) is 103 cm³/mol. The molecule has 0 fully saturated rings. The summed E-state index contributed by atoms with van der Waals surface area (Å²) < 4.78 is 41.3. The average molecular weight is 446 g/mol. The number of hydrogen-bond acceptors (Lipinski definition) is 6. The number of rotatable bonds is 13. The molecular weight excluding hydrogens is 421 g/mol. The van der Waals surface area contributed by atoms with E-state index < -0.39 is 36.1 Å². The molecule has 0 aliphatic heterocycles. The normalized spacial score (nSPS) is 13.2. The Morgan fingerprint density at radius 3 is 2.26 bits per heavy atom. The number of benzene rings is 1. The molecule has 1 aromatic carbocycles. The van der Waals surface area contributed by atoms with Crippen molar-refractivity contribution in [2.24, 2.45) is 0 Å². The van der Waals surface area contributed by atoms with Gasteiger partial charge in [0.05, 0.1) is 6.61 Å². The van der Waals surface area contributed by atoms with Gasteiger partial charge in [0, 0.05) is 18.5 Å². The second-order valence-corrected chi connectivity index (χ2v) is 6.60. The number of carbonyl (C=O) groups is 4. The first-order valence-corrected chi connectivity index (χ1v) is 9.65. The van der Waals surface area contributed by atoms with E-state index in [9.17, 15) is 37.5 Å². The number of carboxylic acids is 1. The number of carboxylic acid groups (broad SMARTS) is 1. The summed E-state index contributed by atoms with van der Waals surface area (Å²) in [6, 6.07) is 5.70. The number of carbonyl (C=O) groups excluding carboxylic acids is 3. The van der Waals surface area contributed by atoms with Crippen LogP contribution in [0.3, 0.4) is 0 Å². The Kier molecular flexibility index (Phi) is 10.7. The van der Waals surface area contributed by atoms with Crippen LogP contribution in [0, 0.1) is 0 Å². The highest BCUT2D eigenvalue weighted by Gasteiger charge is 2.38. The smallest absolute Gasteiger partial charge is 0.471 e. The van der Waals surface area contributed by atoms with Gasteiger partial charge in [0.1, 0.15) is 12.1 Å². The first-order valence-electron chi connectivity index (χ1n) is 9.65. The molecule has 1 aromatic rings. The van der Waals surface area contributed by atoms with Gasteiger partial charge in [0.25, 0.3) is 0 Å². The third-order valence-corrected chi connectivity index (χ3v) is 4.22. The van der Waals surface area contributed by atoms with E-state index in [0.717, 1.165) is 0 Å². The van der Waals surface area contributed by atoms with Crippen LogP contribution in [-0.4, -0.2) is 60.1 Å². The molecule has 0 saturated carbocycles. The SMILES string of the molecule is CCOC(=O)C(CC(=O)c1ccccc1)NC(CCCCNC(=O)C(F)(F)F)C(=O)O.